The molecule has 2 nitrogen and oxygen atoms in total. The molecule has 3 aromatic carbocycles. The SMILES string of the molecule is Fc1ccc2c(C3CNCC[C@H]3F)c(-c3cccc4ccccc34)[nH]c2c1. The molecule has 0 bridgehead atoms. The highest BCUT2D eigenvalue weighted by atomic mass is 19.1. The van der Waals surface area contributed by atoms with Crippen LogP contribution in [0.1, 0.15) is 17.9 Å². The van der Waals surface area contributed by atoms with E-state index >= 15 is 0 Å². The molecule has 4 heteroatoms. The predicted molar refractivity (Wildman–Crippen MR) is 106 cm³/mol. The van der Waals surface area contributed by atoms with Crippen LogP contribution in [0.25, 0.3) is 32.9 Å². The second kappa shape index (κ2) is 6.46. The van der Waals surface area contributed by atoms with E-state index in [9.17, 15) is 8.78 Å². The Morgan fingerprint density at radius 1 is 0.926 bits per heavy atom. The molecule has 1 fully saturated rings. The van der Waals surface area contributed by atoms with Gasteiger partial charge in [-0.15, -0.1) is 0 Å². The van der Waals surface area contributed by atoms with Gasteiger partial charge in [0.05, 0.1) is 5.69 Å². The molecule has 0 spiro atoms. The van der Waals surface area contributed by atoms with Gasteiger partial charge in [0, 0.05) is 28.9 Å². The molecule has 1 aromatic heterocycles. The third-order valence-electron chi connectivity index (χ3n) is 5.63. The van der Waals surface area contributed by atoms with Crippen molar-refractivity contribution in [1.82, 2.24) is 10.3 Å². The minimum absolute atomic E-state index is 0.257. The predicted octanol–water partition coefficient (Wildman–Crippen LogP) is 5.54. The fourth-order valence-corrected chi connectivity index (χ4v) is 4.34. The molecular formula is C23H20F2N2. The van der Waals surface area contributed by atoms with Crippen molar-refractivity contribution in [3.63, 3.8) is 0 Å². The molecule has 5 rings (SSSR count). The second-order valence-corrected chi connectivity index (χ2v) is 7.25. The fraction of sp³-hybridized carbons (Fsp3) is 0.217. The number of hydrogen-bond donors (Lipinski definition) is 2. The number of fused-ring (bicyclic) bond motifs is 2. The minimum atomic E-state index is -0.913. The van der Waals surface area contributed by atoms with Crippen molar-refractivity contribution in [1.29, 1.82) is 0 Å². The van der Waals surface area contributed by atoms with Crippen LogP contribution >= 0.6 is 0 Å². The van der Waals surface area contributed by atoms with Gasteiger partial charge in [-0.25, -0.2) is 8.78 Å². The quantitative estimate of drug-likeness (QED) is 0.481. The highest BCUT2D eigenvalue weighted by Crippen LogP contribution is 2.41. The van der Waals surface area contributed by atoms with E-state index in [1.54, 1.807) is 6.07 Å². The van der Waals surface area contributed by atoms with Gasteiger partial charge in [0.2, 0.25) is 0 Å². The Kier molecular flexibility index (Phi) is 3.94. The van der Waals surface area contributed by atoms with Crippen molar-refractivity contribution >= 4 is 21.7 Å². The molecule has 1 aliphatic heterocycles. The second-order valence-electron chi connectivity index (χ2n) is 7.25. The van der Waals surface area contributed by atoms with E-state index < -0.39 is 6.17 Å². The Balaban J connectivity index is 1.82. The summed E-state index contributed by atoms with van der Waals surface area (Å²) in [4.78, 5) is 3.40. The highest BCUT2D eigenvalue weighted by Gasteiger charge is 2.31. The number of piperidine rings is 1. The van der Waals surface area contributed by atoms with E-state index in [0.717, 1.165) is 33.0 Å². The molecule has 4 aromatic rings. The van der Waals surface area contributed by atoms with Crippen molar-refractivity contribution in [2.24, 2.45) is 0 Å². The van der Waals surface area contributed by atoms with Crippen molar-refractivity contribution in [2.45, 2.75) is 18.5 Å². The number of H-pyrrole nitrogens is 1. The van der Waals surface area contributed by atoms with Crippen LogP contribution in [0.2, 0.25) is 0 Å². The topological polar surface area (TPSA) is 27.8 Å². The lowest BCUT2D eigenvalue weighted by Gasteiger charge is -2.28. The van der Waals surface area contributed by atoms with E-state index in [2.05, 4.69) is 34.6 Å². The average Bonchev–Trinajstić information content (AvgIpc) is 3.06. The zero-order chi connectivity index (χ0) is 18.4. The van der Waals surface area contributed by atoms with E-state index in [4.69, 9.17) is 0 Å². The first-order valence-corrected chi connectivity index (χ1v) is 9.36. The van der Waals surface area contributed by atoms with Crippen LogP contribution in [0, 0.1) is 5.82 Å². The summed E-state index contributed by atoms with van der Waals surface area (Å²) in [6.45, 7) is 1.28. The van der Waals surface area contributed by atoms with Crippen LogP contribution in [0.15, 0.2) is 60.7 Å². The molecule has 0 saturated carbocycles. The molecule has 1 aliphatic rings. The molecule has 0 aliphatic carbocycles. The normalized spacial score (nSPS) is 20.4. The number of aromatic amines is 1. The molecule has 2 heterocycles. The van der Waals surface area contributed by atoms with Crippen LogP contribution in [-0.4, -0.2) is 24.2 Å². The third-order valence-corrected chi connectivity index (χ3v) is 5.63. The number of benzene rings is 3. The van der Waals surface area contributed by atoms with Crippen molar-refractivity contribution in [3.8, 4) is 11.3 Å². The third kappa shape index (κ3) is 2.72. The molecular weight excluding hydrogens is 342 g/mol. The van der Waals surface area contributed by atoms with Gasteiger partial charge in [-0.05, 0) is 47.5 Å². The number of nitrogens with one attached hydrogen (secondary N) is 2. The molecule has 2 N–H and O–H groups in total. The number of hydrogen-bond acceptors (Lipinski definition) is 1. The zero-order valence-electron chi connectivity index (χ0n) is 14.8. The summed E-state index contributed by atoms with van der Waals surface area (Å²) in [7, 11) is 0. The first-order valence-electron chi connectivity index (χ1n) is 9.36. The monoisotopic (exact) mass is 362 g/mol. The summed E-state index contributed by atoms with van der Waals surface area (Å²) in [6, 6.07) is 19.0. The van der Waals surface area contributed by atoms with Crippen LogP contribution in [0.3, 0.4) is 0 Å². The molecule has 1 saturated heterocycles. The maximum absolute atomic E-state index is 14.9. The van der Waals surface area contributed by atoms with Crippen molar-refractivity contribution < 1.29 is 8.78 Å². The number of aromatic nitrogens is 1. The average molecular weight is 362 g/mol. The van der Waals surface area contributed by atoms with E-state index in [1.165, 1.54) is 12.1 Å². The van der Waals surface area contributed by atoms with Crippen molar-refractivity contribution in [3.05, 3.63) is 72.0 Å². The lowest BCUT2D eigenvalue weighted by Crippen LogP contribution is -2.36. The van der Waals surface area contributed by atoms with Crippen LogP contribution in [-0.2, 0) is 0 Å². The van der Waals surface area contributed by atoms with Gasteiger partial charge in [-0.2, -0.15) is 0 Å². The summed E-state index contributed by atoms with van der Waals surface area (Å²) in [5, 5.41) is 6.45. The van der Waals surface area contributed by atoms with E-state index in [0.29, 0.717) is 25.0 Å². The number of halogens is 2. The first-order chi connectivity index (χ1) is 13.2. The summed E-state index contributed by atoms with van der Waals surface area (Å²) in [5.74, 6) is -0.551. The zero-order valence-corrected chi connectivity index (χ0v) is 14.8. The highest BCUT2D eigenvalue weighted by molar-refractivity contribution is 6.01. The summed E-state index contributed by atoms with van der Waals surface area (Å²) in [5.41, 5.74) is 3.58. The van der Waals surface area contributed by atoms with Gasteiger partial charge in [0.1, 0.15) is 12.0 Å². The molecule has 1 unspecified atom stereocenters. The van der Waals surface area contributed by atoms with Crippen LogP contribution in [0.5, 0.6) is 0 Å². The van der Waals surface area contributed by atoms with Gasteiger partial charge in [0.15, 0.2) is 0 Å². The fourth-order valence-electron chi connectivity index (χ4n) is 4.34. The number of rotatable bonds is 2. The van der Waals surface area contributed by atoms with Gasteiger partial charge in [-0.1, -0.05) is 42.5 Å². The largest absolute Gasteiger partial charge is 0.354 e. The maximum Gasteiger partial charge on any atom is 0.125 e. The summed E-state index contributed by atoms with van der Waals surface area (Å²) >= 11 is 0. The van der Waals surface area contributed by atoms with E-state index in [-0.39, 0.29) is 11.7 Å². The van der Waals surface area contributed by atoms with Crippen LogP contribution in [0.4, 0.5) is 8.78 Å². The standard InChI is InChI=1S/C23H20F2N2/c24-15-8-9-18-21(12-15)27-23(22(18)19-13-26-11-10-20(19)25)17-7-3-5-14-4-1-2-6-16(14)17/h1-9,12,19-20,26-27H,10-11,13H2/t19?,20-/m1/s1. The van der Waals surface area contributed by atoms with Gasteiger partial charge >= 0.3 is 0 Å². The van der Waals surface area contributed by atoms with E-state index in [1.807, 2.05) is 18.2 Å². The smallest absolute Gasteiger partial charge is 0.125 e. The van der Waals surface area contributed by atoms with Gasteiger partial charge in [0.25, 0.3) is 0 Å². The van der Waals surface area contributed by atoms with Gasteiger partial charge < -0.3 is 10.3 Å². The molecule has 0 radical (unpaired) electrons. The molecule has 136 valence electrons. The molecule has 2 atom stereocenters. The maximum atomic E-state index is 14.9. The number of alkyl halides is 1. The Hall–Kier alpha value is -2.72. The summed E-state index contributed by atoms with van der Waals surface area (Å²) < 4.78 is 28.7. The lowest BCUT2D eigenvalue weighted by atomic mass is 9.86. The Labute approximate surface area is 156 Å². The van der Waals surface area contributed by atoms with Crippen LogP contribution < -0.4 is 5.32 Å². The lowest BCUT2D eigenvalue weighted by molar-refractivity contribution is 0.229. The Morgan fingerprint density at radius 2 is 1.78 bits per heavy atom. The Bertz CT molecular complexity index is 1130. The molecule has 27 heavy (non-hydrogen) atoms. The summed E-state index contributed by atoms with van der Waals surface area (Å²) in [6.07, 6.45) is -0.419. The first kappa shape index (κ1) is 16.5. The molecule has 0 amide bonds. The minimum Gasteiger partial charge on any atom is -0.354 e. The van der Waals surface area contributed by atoms with Crippen molar-refractivity contribution in [2.75, 3.05) is 13.1 Å². The van der Waals surface area contributed by atoms with Gasteiger partial charge in [-0.3, -0.25) is 0 Å². The Morgan fingerprint density at radius 3 is 2.67 bits per heavy atom.